The molecule has 1 saturated carbocycles. The predicted octanol–water partition coefficient (Wildman–Crippen LogP) is 5.05. The van der Waals surface area contributed by atoms with E-state index in [0.717, 1.165) is 16.8 Å². The molecule has 2 rings (SSSR count). The highest BCUT2D eigenvalue weighted by Crippen LogP contribution is 2.25. The van der Waals surface area contributed by atoms with Crippen LogP contribution >= 0.6 is 15.9 Å². The van der Waals surface area contributed by atoms with E-state index in [-0.39, 0.29) is 6.10 Å². The molecule has 1 aliphatic carbocycles. The Morgan fingerprint density at radius 3 is 2.55 bits per heavy atom. The fourth-order valence-electron chi connectivity index (χ4n) is 2.79. The Bertz CT molecular complexity index is 411. The number of ether oxygens (including phenoxy) is 1. The molecule has 0 bridgehead atoms. The van der Waals surface area contributed by atoms with Crippen LogP contribution in [0.4, 0.5) is 0 Å². The normalized spacial score (nSPS) is 17.2. The number of hydrogen-bond acceptors (Lipinski definition) is 2. The van der Waals surface area contributed by atoms with Crippen molar-refractivity contribution in [1.29, 1.82) is 0 Å². The highest BCUT2D eigenvalue weighted by atomic mass is 79.9. The second-order valence-electron chi connectivity index (χ2n) is 5.99. The summed E-state index contributed by atoms with van der Waals surface area (Å²) in [6, 6.07) is 6.95. The third kappa shape index (κ3) is 5.10. The van der Waals surface area contributed by atoms with Gasteiger partial charge in [-0.15, -0.1) is 0 Å². The van der Waals surface area contributed by atoms with Crippen LogP contribution in [-0.4, -0.2) is 12.1 Å². The maximum atomic E-state index is 5.90. The molecule has 0 unspecified atom stereocenters. The lowest BCUT2D eigenvalue weighted by molar-refractivity contribution is 0.239. The lowest BCUT2D eigenvalue weighted by Crippen LogP contribution is -2.28. The summed E-state index contributed by atoms with van der Waals surface area (Å²) in [5.41, 5.74) is 1.25. The Hall–Kier alpha value is -0.540. The molecule has 1 fully saturated rings. The summed E-state index contributed by atoms with van der Waals surface area (Å²) in [5.74, 6) is 1.00. The first-order valence-electron chi connectivity index (χ1n) is 7.83. The fourth-order valence-corrected chi connectivity index (χ4v) is 3.20. The van der Waals surface area contributed by atoms with Crippen LogP contribution in [0.25, 0.3) is 0 Å². The molecule has 0 amide bonds. The molecular formula is C17H26BrNO. The number of rotatable bonds is 5. The van der Waals surface area contributed by atoms with E-state index in [1.165, 1.54) is 44.1 Å². The van der Waals surface area contributed by atoms with Gasteiger partial charge in [-0.2, -0.15) is 0 Å². The molecule has 20 heavy (non-hydrogen) atoms. The maximum Gasteiger partial charge on any atom is 0.124 e. The minimum atomic E-state index is 0.216. The zero-order valence-corrected chi connectivity index (χ0v) is 14.2. The summed E-state index contributed by atoms with van der Waals surface area (Å²) < 4.78 is 7.02. The van der Waals surface area contributed by atoms with E-state index in [9.17, 15) is 0 Å². The molecule has 3 heteroatoms. The van der Waals surface area contributed by atoms with Crippen molar-refractivity contribution in [3.8, 4) is 5.75 Å². The first-order chi connectivity index (χ1) is 9.65. The van der Waals surface area contributed by atoms with E-state index >= 15 is 0 Å². The molecule has 1 aliphatic rings. The van der Waals surface area contributed by atoms with Crippen molar-refractivity contribution >= 4 is 15.9 Å². The maximum absolute atomic E-state index is 5.90. The molecular weight excluding hydrogens is 314 g/mol. The Kier molecular flexibility index (Phi) is 6.37. The second kappa shape index (κ2) is 8.04. The van der Waals surface area contributed by atoms with Gasteiger partial charge in [-0.3, -0.25) is 0 Å². The van der Waals surface area contributed by atoms with Crippen molar-refractivity contribution in [1.82, 2.24) is 5.32 Å². The first-order valence-corrected chi connectivity index (χ1v) is 8.63. The largest absolute Gasteiger partial charge is 0.491 e. The average molecular weight is 340 g/mol. The molecule has 0 radical (unpaired) electrons. The Morgan fingerprint density at radius 1 is 1.20 bits per heavy atom. The van der Waals surface area contributed by atoms with Gasteiger partial charge >= 0.3 is 0 Å². The molecule has 1 aromatic carbocycles. The van der Waals surface area contributed by atoms with Gasteiger partial charge in [0, 0.05) is 22.6 Å². The number of benzene rings is 1. The van der Waals surface area contributed by atoms with Crippen molar-refractivity contribution in [2.75, 3.05) is 0 Å². The van der Waals surface area contributed by atoms with Gasteiger partial charge in [-0.1, -0.05) is 41.6 Å². The third-order valence-electron chi connectivity index (χ3n) is 3.82. The SMILES string of the molecule is CC(C)Oc1ccc(Br)cc1CNC1CCCCCC1. The number of halogens is 1. The van der Waals surface area contributed by atoms with E-state index in [2.05, 4.69) is 47.2 Å². The molecule has 112 valence electrons. The van der Waals surface area contributed by atoms with Crippen LogP contribution in [0.15, 0.2) is 22.7 Å². The topological polar surface area (TPSA) is 21.3 Å². The summed E-state index contributed by atoms with van der Waals surface area (Å²) in [5, 5.41) is 3.72. The molecule has 0 saturated heterocycles. The molecule has 0 aromatic heterocycles. The minimum absolute atomic E-state index is 0.216. The number of nitrogens with one attached hydrogen (secondary N) is 1. The third-order valence-corrected chi connectivity index (χ3v) is 4.31. The van der Waals surface area contributed by atoms with Crippen molar-refractivity contribution in [2.24, 2.45) is 0 Å². The highest BCUT2D eigenvalue weighted by molar-refractivity contribution is 9.10. The summed E-state index contributed by atoms with van der Waals surface area (Å²) in [6.45, 7) is 5.04. The lowest BCUT2D eigenvalue weighted by atomic mass is 10.1. The molecule has 0 aliphatic heterocycles. The summed E-state index contributed by atoms with van der Waals surface area (Å²) >= 11 is 3.56. The van der Waals surface area contributed by atoms with Gasteiger partial charge < -0.3 is 10.1 Å². The Balaban J connectivity index is 1.97. The van der Waals surface area contributed by atoms with Gasteiger partial charge in [-0.25, -0.2) is 0 Å². The monoisotopic (exact) mass is 339 g/mol. The smallest absolute Gasteiger partial charge is 0.124 e. The van der Waals surface area contributed by atoms with Crippen LogP contribution in [0.1, 0.15) is 57.9 Å². The van der Waals surface area contributed by atoms with Gasteiger partial charge in [-0.05, 0) is 44.9 Å². The van der Waals surface area contributed by atoms with E-state index in [0.29, 0.717) is 6.04 Å². The van der Waals surface area contributed by atoms with Crippen LogP contribution in [0.5, 0.6) is 5.75 Å². The highest BCUT2D eigenvalue weighted by Gasteiger charge is 2.13. The van der Waals surface area contributed by atoms with E-state index in [1.807, 2.05) is 6.07 Å². The van der Waals surface area contributed by atoms with Crippen LogP contribution in [-0.2, 0) is 6.54 Å². The van der Waals surface area contributed by atoms with Crippen LogP contribution in [0.3, 0.4) is 0 Å². The minimum Gasteiger partial charge on any atom is -0.491 e. The first kappa shape index (κ1) is 15.8. The summed E-state index contributed by atoms with van der Waals surface area (Å²) in [4.78, 5) is 0. The van der Waals surface area contributed by atoms with E-state index in [4.69, 9.17) is 4.74 Å². The van der Waals surface area contributed by atoms with Crippen LogP contribution in [0.2, 0.25) is 0 Å². The molecule has 0 atom stereocenters. The Labute approximate surface area is 131 Å². The fraction of sp³-hybridized carbons (Fsp3) is 0.647. The summed E-state index contributed by atoms with van der Waals surface area (Å²) in [6.07, 6.45) is 8.38. The van der Waals surface area contributed by atoms with Gasteiger partial charge in [0.25, 0.3) is 0 Å². The van der Waals surface area contributed by atoms with Gasteiger partial charge in [0.05, 0.1) is 6.10 Å². The molecule has 1 N–H and O–H groups in total. The second-order valence-corrected chi connectivity index (χ2v) is 6.90. The van der Waals surface area contributed by atoms with Crippen LogP contribution < -0.4 is 10.1 Å². The van der Waals surface area contributed by atoms with Crippen molar-refractivity contribution in [3.63, 3.8) is 0 Å². The standard InChI is InChI=1S/C17H26BrNO/c1-13(2)20-17-10-9-15(18)11-14(17)12-19-16-7-5-3-4-6-8-16/h9-11,13,16,19H,3-8,12H2,1-2H3. The van der Waals surface area contributed by atoms with E-state index < -0.39 is 0 Å². The van der Waals surface area contributed by atoms with Crippen LogP contribution in [0, 0.1) is 0 Å². The summed E-state index contributed by atoms with van der Waals surface area (Å²) in [7, 11) is 0. The number of hydrogen-bond donors (Lipinski definition) is 1. The van der Waals surface area contributed by atoms with Gasteiger partial charge in [0.1, 0.15) is 5.75 Å². The van der Waals surface area contributed by atoms with Crippen molar-refractivity contribution < 1.29 is 4.74 Å². The molecule has 0 spiro atoms. The zero-order chi connectivity index (χ0) is 14.4. The molecule has 0 heterocycles. The predicted molar refractivity (Wildman–Crippen MR) is 88.2 cm³/mol. The lowest BCUT2D eigenvalue weighted by Gasteiger charge is -2.19. The van der Waals surface area contributed by atoms with Crippen molar-refractivity contribution in [3.05, 3.63) is 28.2 Å². The van der Waals surface area contributed by atoms with Gasteiger partial charge in [0.2, 0.25) is 0 Å². The molecule has 1 aromatic rings. The Morgan fingerprint density at radius 2 is 1.90 bits per heavy atom. The molecule has 2 nitrogen and oxygen atoms in total. The van der Waals surface area contributed by atoms with Gasteiger partial charge in [0.15, 0.2) is 0 Å². The van der Waals surface area contributed by atoms with E-state index in [1.54, 1.807) is 0 Å². The quantitative estimate of drug-likeness (QED) is 0.758. The zero-order valence-electron chi connectivity index (χ0n) is 12.6. The average Bonchev–Trinajstić information content (AvgIpc) is 2.67. The van der Waals surface area contributed by atoms with Crippen molar-refractivity contribution in [2.45, 2.75) is 71.1 Å².